The first-order valence-corrected chi connectivity index (χ1v) is 13.9. The molecule has 170 valence electrons. The Morgan fingerprint density at radius 3 is 2.61 bits per heavy atom. The summed E-state index contributed by atoms with van der Waals surface area (Å²) in [6.45, 7) is 1.93. The lowest BCUT2D eigenvalue weighted by Crippen LogP contribution is -2.32. The molecule has 0 unspecified atom stereocenters. The molecule has 0 amide bonds. The van der Waals surface area contributed by atoms with Crippen LogP contribution in [0.1, 0.15) is 17.5 Å². The number of rotatable bonds is 6. The number of hydrogen-bond donors (Lipinski definition) is 0. The molecule has 0 atom stereocenters. The molecule has 0 radical (unpaired) electrons. The molecule has 1 aliphatic rings. The Morgan fingerprint density at radius 1 is 1.06 bits per heavy atom. The molecule has 0 saturated carbocycles. The molecule has 6 nitrogen and oxygen atoms in total. The second-order valence-electron chi connectivity index (χ2n) is 8.19. The number of sulfone groups is 1. The van der Waals surface area contributed by atoms with E-state index in [1.807, 2.05) is 46.5 Å². The van der Waals surface area contributed by atoms with Crippen molar-refractivity contribution in [1.82, 2.24) is 14.3 Å². The number of hydrogen-bond acceptors (Lipinski definition) is 6. The molecule has 0 N–H and O–H groups in total. The van der Waals surface area contributed by atoms with Crippen molar-refractivity contribution >= 4 is 39.1 Å². The van der Waals surface area contributed by atoms with Crippen LogP contribution in [-0.2, 0) is 29.5 Å². The lowest BCUT2D eigenvalue weighted by Gasteiger charge is -2.32. The van der Waals surface area contributed by atoms with Crippen LogP contribution < -0.4 is 4.90 Å². The monoisotopic (exact) mass is 496 g/mol. The van der Waals surface area contributed by atoms with Gasteiger partial charge in [-0.05, 0) is 59.8 Å². The molecule has 2 aromatic heterocycles. The fraction of sp³-hybridized carbons (Fsp3) is 0.250. The van der Waals surface area contributed by atoms with E-state index in [9.17, 15) is 8.42 Å². The molecule has 0 spiro atoms. The lowest BCUT2D eigenvalue weighted by atomic mass is 10.0. The third-order valence-corrected chi connectivity index (χ3v) is 8.33. The summed E-state index contributed by atoms with van der Waals surface area (Å²) in [6.07, 6.45) is 2.91. The summed E-state index contributed by atoms with van der Waals surface area (Å²) in [5.41, 5.74) is 2.99. The second kappa shape index (κ2) is 8.89. The Bertz CT molecular complexity index is 1440. The van der Waals surface area contributed by atoms with E-state index < -0.39 is 9.84 Å². The Morgan fingerprint density at radius 2 is 1.88 bits per heavy atom. The summed E-state index contributed by atoms with van der Waals surface area (Å²) in [5.74, 6) is 0.848. The summed E-state index contributed by atoms with van der Waals surface area (Å²) in [5, 5.41) is 6.95. The van der Waals surface area contributed by atoms with Crippen molar-refractivity contribution in [3.05, 3.63) is 81.9 Å². The van der Waals surface area contributed by atoms with E-state index in [1.54, 1.807) is 17.4 Å². The standard InChI is InChI=1S/C24H24N4O2S3/c1-33(29,30)22-13-5-11-20-19(22)10-6-14-26(20)17-28-24(31)27(16-18-8-3-2-4-9-18)23(25-28)21-12-7-15-32-21/h2-5,7-9,11-13,15H,6,10,14,16-17H2,1H3. The first kappa shape index (κ1) is 22.1. The zero-order valence-corrected chi connectivity index (χ0v) is 20.7. The van der Waals surface area contributed by atoms with Gasteiger partial charge in [0, 0.05) is 18.5 Å². The van der Waals surface area contributed by atoms with Crippen LogP contribution in [0.3, 0.4) is 0 Å². The van der Waals surface area contributed by atoms with Gasteiger partial charge in [0.15, 0.2) is 20.4 Å². The smallest absolute Gasteiger partial charge is 0.200 e. The van der Waals surface area contributed by atoms with Crippen LogP contribution in [-0.4, -0.2) is 35.6 Å². The minimum atomic E-state index is -3.29. The summed E-state index contributed by atoms with van der Waals surface area (Å²) < 4.78 is 29.2. The maximum Gasteiger partial charge on any atom is 0.200 e. The van der Waals surface area contributed by atoms with Gasteiger partial charge in [-0.2, -0.15) is 0 Å². The fourth-order valence-electron chi connectivity index (χ4n) is 4.35. The topological polar surface area (TPSA) is 60.1 Å². The van der Waals surface area contributed by atoms with Crippen LogP contribution in [0, 0.1) is 4.77 Å². The van der Waals surface area contributed by atoms with Gasteiger partial charge in [0.25, 0.3) is 0 Å². The second-order valence-corrected chi connectivity index (χ2v) is 11.5. The highest BCUT2D eigenvalue weighted by molar-refractivity contribution is 7.90. The zero-order chi connectivity index (χ0) is 23.0. The Hall–Kier alpha value is -2.75. The highest BCUT2D eigenvalue weighted by atomic mass is 32.2. The van der Waals surface area contributed by atoms with E-state index >= 15 is 0 Å². The highest BCUT2D eigenvalue weighted by Crippen LogP contribution is 2.33. The number of benzene rings is 2. The van der Waals surface area contributed by atoms with Gasteiger partial charge in [0.1, 0.15) is 6.67 Å². The van der Waals surface area contributed by atoms with Crippen molar-refractivity contribution in [2.24, 2.45) is 0 Å². The zero-order valence-electron chi connectivity index (χ0n) is 18.2. The van der Waals surface area contributed by atoms with Crippen molar-refractivity contribution in [1.29, 1.82) is 0 Å². The van der Waals surface area contributed by atoms with Gasteiger partial charge in [-0.15, -0.1) is 16.4 Å². The SMILES string of the molecule is CS(=O)(=O)c1cccc2c1CCCN2Cn1nc(-c2cccs2)n(Cc2ccccc2)c1=S. The Kier molecular flexibility index (Phi) is 5.94. The summed E-state index contributed by atoms with van der Waals surface area (Å²) >= 11 is 7.52. The van der Waals surface area contributed by atoms with Gasteiger partial charge in [-0.3, -0.25) is 4.57 Å². The van der Waals surface area contributed by atoms with Crippen LogP contribution >= 0.6 is 23.6 Å². The van der Waals surface area contributed by atoms with Crippen LogP contribution in [0.15, 0.2) is 70.9 Å². The summed E-state index contributed by atoms with van der Waals surface area (Å²) in [7, 11) is -3.29. The summed E-state index contributed by atoms with van der Waals surface area (Å²) in [4.78, 5) is 3.66. The number of thiophene rings is 1. The Labute approximate surface area is 202 Å². The third kappa shape index (κ3) is 4.40. The van der Waals surface area contributed by atoms with E-state index in [0.29, 0.717) is 22.9 Å². The number of anilines is 1. The predicted octanol–water partition coefficient (Wildman–Crippen LogP) is 5.00. The van der Waals surface area contributed by atoms with Crippen LogP contribution in [0.5, 0.6) is 0 Å². The van der Waals surface area contributed by atoms with Crippen molar-refractivity contribution < 1.29 is 8.42 Å². The largest absolute Gasteiger partial charge is 0.352 e. The van der Waals surface area contributed by atoms with Gasteiger partial charge in [0.05, 0.1) is 16.3 Å². The van der Waals surface area contributed by atoms with E-state index in [1.165, 1.54) is 6.26 Å². The molecule has 1 aliphatic heterocycles. The number of aromatic nitrogens is 3. The van der Waals surface area contributed by atoms with Crippen molar-refractivity contribution in [2.45, 2.75) is 31.0 Å². The fourth-order valence-corrected chi connectivity index (χ4v) is 6.30. The van der Waals surface area contributed by atoms with E-state index in [2.05, 4.69) is 27.7 Å². The molecule has 33 heavy (non-hydrogen) atoms. The normalized spacial score (nSPS) is 13.8. The van der Waals surface area contributed by atoms with E-state index in [4.69, 9.17) is 17.3 Å². The quantitative estimate of drug-likeness (QED) is 0.352. The van der Waals surface area contributed by atoms with E-state index in [-0.39, 0.29) is 0 Å². The first-order valence-electron chi connectivity index (χ1n) is 10.7. The molecule has 0 saturated heterocycles. The molecule has 9 heteroatoms. The van der Waals surface area contributed by atoms with Crippen molar-refractivity contribution in [2.75, 3.05) is 17.7 Å². The first-order chi connectivity index (χ1) is 15.9. The third-order valence-electron chi connectivity index (χ3n) is 5.86. The minimum Gasteiger partial charge on any atom is -0.352 e. The minimum absolute atomic E-state index is 0.419. The maximum atomic E-state index is 12.3. The maximum absolute atomic E-state index is 12.3. The molecule has 4 aromatic rings. The molecule has 0 bridgehead atoms. The molecular weight excluding hydrogens is 472 g/mol. The number of fused-ring (bicyclic) bond motifs is 1. The average Bonchev–Trinajstić information content (AvgIpc) is 3.43. The van der Waals surface area contributed by atoms with Crippen molar-refractivity contribution in [3.8, 4) is 10.7 Å². The molecule has 0 fully saturated rings. The summed E-state index contributed by atoms with van der Waals surface area (Å²) in [6, 6.07) is 19.8. The highest BCUT2D eigenvalue weighted by Gasteiger charge is 2.24. The average molecular weight is 497 g/mol. The lowest BCUT2D eigenvalue weighted by molar-refractivity contribution is 0.539. The van der Waals surface area contributed by atoms with Gasteiger partial charge in [0.2, 0.25) is 0 Å². The van der Waals surface area contributed by atoms with Gasteiger partial charge >= 0.3 is 0 Å². The van der Waals surface area contributed by atoms with Crippen molar-refractivity contribution in [3.63, 3.8) is 0 Å². The Balaban J connectivity index is 1.54. The molecule has 0 aliphatic carbocycles. The molecule has 3 heterocycles. The van der Waals surface area contributed by atoms with Gasteiger partial charge in [-0.1, -0.05) is 42.5 Å². The van der Waals surface area contributed by atoms with Gasteiger partial charge in [-0.25, -0.2) is 13.1 Å². The number of nitrogens with zero attached hydrogens (tertiary/aromatic N) is 4. The van der Waals surface area contributed by atoms with Crippen LogP contribution in [0.2, 0.25) is 0 Å². The van der Waals surface area contributed by atoms with Crippen LogP contribution in [0.4, 0.5) is 5.69 Å². The molecule has 5 rings (SSSR count). The van der Waals surface area contributed by atoms with E-state index in [0.717, 1.165) is 46.9 Å². The van der Waals surface area contributed by atoms with Crippen LogP contribution in [0.25, 0.3) is 10.7 Å². The molecular formula is C24H24N4O2S3. The molecule has 2 aromatic carbocycles. The van der Waals surface area contributed by atoms with Gasteiger partial charge < -0.3 is 4.90 Å². The predicted molar refractivity (Wildman–Crippen MR) is 135 cm³/mol.